The minimum absolute atomic E-state index is 0.0869. The predicted octanol–water partition coefficient (Wildman–Crippen LogP) is 3.61. The van der Waals surface area contributed by atoms with Crippen LogP contribution in [0.4, 0.5) is 8.78 Å². The lowest BCUT2D eigenvalue weighted by Gasteiger charge is -2.41. The molecule has 0 bridgehead atoms. The first kappa shape index (κ1) is 15.4. The van der Waals surface area contributed by atoms with E-state index in [4.69, 9.17) is 4.74 Å². The predicted molar refractivity (Wildman–Crippen MR) is 73.5 cm³/mol. The molecule has 1 aliphatic carbocycles. The molecule has 1 unspecified atom stereocenters. The van der Waals surface area contributed by atoms with Gasteiger partial charge in [0, 0.05) is 13.0 Å². The molecule has 1 saturated carbocycles. The van der Waals surface area contributed by atoms with Gasteiger partial charge in [-0.1, -0.05) is 31.4 Å². The summed E-state index contributed by atoms with van der Waals surface area (Å²) in [5.41, 5.74) is -0.395. The van der Waals surface area contributed by atoms with Crippen LogP contribution < -0.4 is 0 Å². The smallest absolute Gasteiger partial charge is 0.162 e. The normalized spacial score (nSPS) is 19.8. The molecule has 0 saturated heterocycles. The Morgan fingerprint density at radius 3 is 2.60 bits per heavy atom. The van der Waals surface area contributed by atoms with Crippen molar-refractivity contribution in [2.24, 2.45) is 0 Å². The zero-order chi connectivity index (χ0) is 14.6. The molecule has 0 radical (unpaired) electrons. The van der Waals surface area contributed by atoms with Gasteiger partial charge in [0.15, 0.2) is 11.6 Å². The number of aliphatic hydroxyl groups excluding tert-OH is 1. The number of halogens is 2. The molecular formula is C16H22F2O2. The first-order valence-electron chi connectivity index (χ1n) is 7.34. The Balaban J connectivity index is 2.15. The van der Waals surface area contributed by atoms with Gasteiger partial charge < -0.3 is 9.84 Å². The highest BCUT2D eigenvalue weighted by Gasteiger charge is 2.40. The van der Waals surface area contributed by atoms with E-state index in [-0.39, 0.29) is 12.0 Å². The van der Waals surface area contributed by atoms with Gasteiger partial charge in [-0.05, 0) is 31.4 Å². The third-order valence-corrected chi connectivity index (χ3v) is 4.18. The van der Waals surface area contributed by atoms with Crippen molar-refractivity contribution >= 4 is 0 Å². The molecule has 2 nitrogen and oxygen atoms in total. The number of aliphatic hydroxyl groups is 1. The topological polar surface area (TPSA) is 29.5 Å². The fourth-order valence-electron chi connectivity index (χ4n) is 3.11. The van der Waals surface area contributed by atoms with Crippen LogP contribution in [-0.2, 0) is 11.2 Å². The fraction of sp³-hybridized carbons (Fsp3) is 0.625. The second-order valence-corrected chi connectivity index (χ2v) is 5.49. The molecule has 0 spiro atoms. The molecule has 112 valence electrons. The Bertz CT molecular complexity index is 437. The standard InChI is InChI=1S/C16H22F2O2/c1-2-20-16(9-4-3-5-10-16)14(19)11-12-7-6-8-13(17)15(12)18/h6-8,14,19H,2-5,9-11H2,1H3. The Kier molecular flexibility index (Phi) is 5.11. The summed E-state index contributed by atoms with van der Waals surface area (Å²) < 4.78 is 32.7. The van der Waals surface area contributed by atoms with E-state index in [1.54, 1.807) is 0 Å². The van der Waals surface area contributed by atoms with Gasteiger partial charge in [-0.25, -0.2) is 8.78 Å². The van der Waals surface area contributed by atoms with Crippen molar-refractivity contribution in [2.75, 3.05) is 6.61 Å². The second kappa shape index (κ2) is 6.64. The van der Waals surface area contributed by atoms with Crippen LogP contribution in [0.1, 0.15) is 44.6 Å². The van der Waals surface area contributed by atoms with E-state index < -0.39 is 23.3 Å². The van der Waals surface area contributed by atoms with Crippen molar-refractivity contribution in [2.45, 2.75) is 57.2 Å². The van der Waals surface area contributed by atoms with E-state index in [1.807, 2.05) is 6.92 Å². The van der Waals surface area contributed by atoms with Crippen LogP contribution in [0.5, 0.6) is 0 Å². The lowest BCUT2D eigenvalue weighted by Crippen LogP contribution is -2.47. The van der Waals surface area contributed by atoms with Crippen LogP contribution in [0.15, 0.2) is 18.2 Å². The quantitative estimate of drug-likeness (QED) is 0.895. The molecule has 1 atom stereocenters. The first-order valence-corrected chi connectivity index (χ1v) is 7.34. The van der Waals surface area contributed by atoms with Crippen molar-refractivity contribution < 1.29 is 18.6 Å². The maximum absolute atomic E-state index is 13.7. The summed E-state index contributed by atoms with van der Waals surface area (Å²) in [4.78, 5) is 0. The molecule has 1 aromatic rings. The largest absolute Gasteiger partial charge is 0.390 e. The monoisotopic (exact) mass is 284 g/mol. The van der Waals surface area contributed by atoms with Crippen molar-refractivity contribution in [1.29, 1.82) is 0 Å². The Labute approximate surface area is 118 Å². The number of hydrogen-bond acceptors (Lipinski definition) is 2. The molecule has 0 heterocycles. The van der Waals surface area contributed by atoms with Crippen molar-refractivity contribution in [3.05, 3.63) is 35.4 Å². The molecule has 20 heavy (non-hydrogen) atoms. The van der Waals surface area contributed by atoms with Crippen LogP contribution in [0, 0.1) is 11.6 Å². The fourth-order valence-corrected chi connectivity index (χ4v) is 3.11. The van der Waals surface area contributed by atoms with Crippen LogP contribution in [-0.4, -0.2) is 23.4 Å². The molecule has 2 rings (SSSR count). The van der Waals surface area contributed by atoms with E-state index >= 15 is 0 Å². The zero-order valence-electron chi connectivity index (χ0n) is 11.9. The lowest BCUT2D eigenvalue weighted by molar-refractivity contribution is -0.139. The highest BCUT2D eigenvalue weighted by molar-refractivity contribution is 5.20. The summed E-state index contributed by atoms with van der Waals surface area (Å²) in [5.74, 6) is -1.74. The van der Waals surface area contributed by atoms with Gasteiger partial charge in [-0.15, -0.1) is 0 Å². The lowest BCUT2D eigenvalue weighted by atomic mass is 9.78. The molecule has 1 aliphatic rings. The van der Waals surface area contributed by atoms with Crippen LogP contribution in [0.3, 0.4) is 0 Å². The van der Waals surface area contributed by atoms with Gasteiger partial charge in [0.2, 0.25) is 0 Å². The van der Waals surface area contributed by atoms with Crippen molar-refractivity contribution in [3.8, 4) is 0 Å². The summed E-state index contributed by atoms with van der Waals surface area (Å²) in [6.45, 7) is 2.41. The van der Waals surface area contributed by atoms with E-state index in [9.17, 15) is 13.9 Å². The first-order chi connectivity index (χ1) is 9.59. The summed E-state index contributed by atoms with van der Waals surface area (Å²) >= 11 is 0. The Morgan fingerprint density at radius 1 is 1.25 bits per heavy atom. The average molecular weight is 284 g/mol. The molecule has 4 heteroatoms. The minimum Gasteiger partial charge on any atom is -0.390 e. The van der Waals surface area contributed by atoms with E-state index in [0.717, 1.165) is 38.2 Å². The maximum Gasteiger partial charge on any atom is 0.162 e. The summed E-state index contributed by atoms with van der Waals surface area (Å²) in [7, 11) is 0. The number of rotatable bonds is 5. The van der Waals surface area contributed by atoms with Gasteiger partial charge in [0.1, 0.15) is 0 Å². The molecule has 0 amide bonds. The van der Waals surface area contributed by atoms with Gasteiger partial charge in [0.05, 0.1) is 11.7 Å². The number of hydrogen-bond donors (Lipinski definition) is 1. The number of benzene rings is 1. The second-order valence-electron chi connectivity index (χ2n) is 5.49. The third kappa shape index (κ3) is 3.18. The zero-order valence-corrected chi connectivity index (χ0v) is 11.9. The van der Waals surface area contributed by atoms with Gasteiger partial charge in [0.25, 0.3) is 0 Å². The van der Waals surface area contributed by atoms with Crippen molar-refractivity contribution in [1.82, 2.24) is 0 Å². The van der Waals surface area contributed by atoms with Crippen molar-refractivity contribution in [3.63, 3.8) is 0 Å². The van der Waals surface area contributed by atoms with E-state index in [0.29, 0.717) is 6.61 Å². The molecule has 0 aliphatic heterocycles. The average Bonchev–Trinajstić information content (AvgIpc) is 2.45. The molecule has 0 aromatic heterocycles. The van der Waals surface area contributed by atoms with E-state index in [1.165, 1.54) is 12.1 Å². The summed E-state index contributed by atoms with van der Waals surface area (Å²) in [5, 5.41) is 10.5. The Morgan fingerprint density at radius 2 is 1.95 bits per heavy atom. The summed E-state index contributed by atoms with van der Waals surface area (Å²) in [6.07, 6.45) is 3.97. The Hall–Kier alpha value is -1.00. The SMILES string of the molecule is CCOC1(C(O)Cc2cccc(F)c2F)CCCCC1. The maximum atomic E-state index is 13.7. The van der Waals surface area contributed by atoms with Gasteiger partial charge >= 0.3 is 0 Å². The van der Waals surface area contributed by atoms with Crippen LogP contribution >= 0.6 is 0 Å². The van der Waals surface area contributed by atoms with E-state index in [2.05, 4.69) is 0 Å². The summed E-state index contributed by atoms with van der Waals surface area (Å²) in [6, 6.07) is 4.07. The molecule has 1 aromatic carbocycles. The number of ether oxygens (including phenoxy) is 1. The highest BCUT2D eigenvalue weighted by atomic mass is 19.2. The van der Waals surface area contributed by atoms with Gasteiger partial charge in [-0.3, -0.25) is 0 Å². The third-order valence-electron chi connectivity index (χ3n) is 4.18. The van der Waals surface area contributed by atoms with Crippen LogP contribution in [0.25, 0.3) is 0 Å². The minimum atomic E-state index is -0.871. The molecule has 1 N–H and O–H groups in total. The highest BCUT2D eigenvalue weighted by Crippen LogP contribution is 2.36. The molecule has 1 fully saturated rings. The van der Waals surface area contributed by atoms with Gasteiger partial charge in [-0.2, -0.15) is 0 Å². The van der Waals surface area contributed by atoms with Crippen LogP contribution in [0.2, 0.25) is 0 Å². The molecular weight excluding hydrogens is 262 g/mol.